The van der Waals surface area contributed by atoms with E-state index in [1.165, 1.54) is 11.5 Å². The maximum Gasteiger partial charge on any atom is 0.0773 e. The van der Waals surface area contributed by atoms with Crippen LogP contribution < -0.4 is 11.3 Å². The summed E-state index contributed by atoms with van der Waals surface area (Å²) in [4.78, 5) is 1.11. The van der Waals surface area contributed by atoms with Gasteiger partial charge in [-0.05, 0) is 30.8 Å². The number of hydrogen-bond acceptors (Lipinski definition) is 6. The Balaban J connectivity index is 2.67. The minimum atomic E-state index is 0.111. The van der Waals surface area contributed by atoms with Gasteiger partial charge in [-0.2, -0.15) is 0 Å². The Hall–Kier alpha value is -0.560. The number of nitrogens with two attached hydrogens (primary N) is 1. The van der Waals surface area contributed by atoms with Crippen LogP contribution in [0.3, 0.4) is 0 Å². The first-order valence-corrected chi connectivity index (χ1v) is 5.72. The summed E-state index contributed by atoms with van der Waals surface area (Å²) in [7, 11) is 1.71. The summed E-state index contributed by atoms with van der Waals surface area (Å²) >= 11 is 1.40. The average molecular weight is 230 g/mol. The van der Waals surface area contributed by atoms with Gasteiger partial charge in [0, 0.05) is 13.7 Å². The van der Waals surface area contributed by atoms with Gasteiger partial charge < -0.3 is 4.74 Å². The summed E-state index contributed by atoms with van der Waals surface area (Å²) in [5.74, 6) is 5.96. The molecule has 0 amide bonds. The molecule has 0 aliphatic carbocycles. The van der Waals surface area contributed by atoms with Crippen molar-refractivity contribution < 1.29 is 4.74 Å². The Morgan fingerprint density at radius 3 is 2.80 bits per heavy atom. The maximum atomic E-state index is 5.57. The van der Waals surface area contributed by atoms with Gasteiger partial charge in [0.15, 0.2) is 0 Å². The Bertz CT molecular complexity index is 291. The molecule has 0 bridgehead atoms. The van der Waals surface area contributed by atoms with Crippen molar-refractivity contribution in [3.8, 4) is 0 Å². The van der Waals surface area contributed by atoms with Crippen molar-refractivity contribution in [2.24, 2.45) is 11.8 Å². The molecule has 2 atom stereocenters. The molecule has 0 spiro atoms. The Morgan fingerprint density at radius 2 is 2.33 bits per heavy atom. The summed E-state index contributed by atoms with van der Waals surface area (Å²) in [5, 5.41) is 3.99. The van der Waals surface area contributed by atoms with E-state index in [1.807, 2.05) is 6.92 Å². The smallest absolute Gasteiger partial charge is 0.0773 e. The quantitative estimate of drug-likeness (QED) is 0.564. The molecule has 1 heterocycles. The van der Waals surface area contributed by atoms with Gasteiger partial charge in [-0.1, -0.05) is 11.4 Å². The minimum Gasteiger partial charge on any atom is -0.385 e. The van der Waals surface area contributed by atoms with Gasteiger partial charge in [-0.15, -0.1) is 5.10 Å². The molecule has 0 aliphatic heterocycles. The number of ether oxygens (including phenoxy) is 1. The predicted octanol–water partition coefficient (Wildman–Crippen LogP) is 1.02. The zero-order chi connectivity index (χ0) is 11.3. The fraction of sp³-hybridized carbons (Fsp3) is 0.778. The molecule has 0 aliphatic rings. The molecule has 1 aromatic rings. The Labute approximate surface area is 94.1 Å². The third-order valence-electron chi connectivity index (χ3n) is 2.49. The third kappa shape index (κ3) is 3.20. The van der Waals surface area contributed by atoms with Crippen molar-refractivity contribution in [3.05, 3.63) is 10.6 Å². The number of nitrogens with one attached hydrogen (secondary N) is 1. The normalized spacial score (nSPS) is 15.2. The second-order valence-corrected chi connectivity index (χ2v) is 4.41. The van der Waals surface area contributed by atoms with Crippen molar-refractivity contribution in [3.63, 3.8) is 0 Å². The first-order chi connectivity index (χ1) is 7.20. The molecule has 0 saturated heterocycles. The molecule has 1 rings (SSSR count). The van der Waals surface area contributed by atoms with Crippen LogP contribution >= 0.6 is 11.5 Å². The lowest BCUT2D eigenvalue weighted by Gasteiger charge is -2.21. The van der Waals surface area contributed by atoms with Crippen molar-refractivity contribution in [2.45, 2.75) is 26.3 Å². The van der Waals surface area contributed by atoms with Gasteiger partial charge in [0.05, 0.1) is 16.6 Å². The summed E-state index contributed by atoms with van der Waals surface area (Å²) < 4.78 is 8.98. The summed E-state index contributed by atoms with van der Waals surface area (Å²) in [6, 6.07) is 0.111. The number of aryl methyl sites for hydroxylation is 1. The number of nitrogens with zero attached hydrogens (tertiary/aromatic N) is 2. The number of methoxy groups -OCH3 is 1. The van der Waals surface area contributed by atoms with E-state index < -0.39 is 0 Å². The SMILES string of the molecule is COCCC(C)C(NN)c1snnc1C. The van der Waals surface area contributed by atoms with Crippen LogP contribution in [0.1, 0.15) is 30.0 Å². The highest BCUT2D eigenvalue weighted by atomic mass is 32.1. The van der Waals surface area contributed by atoms with Crippen LogP contribution in [0.25, 0.3) is 0 Å². The van der Waals surface area contributed by atoms with Crippen LogP contribution in [0.2, 0.25) is 0 Å². The van der Waals surface area contributed by atoms with E-state index in [1.54, 1.807) is 7.11 Å². The number of rotatable bonds is 6. The van der Waals surface area contributed by atoms with E-state index in [0.29, 0.717) is 5.92 Å². The third-order valence-corrected chi connectivity index (χ3v) is 3.40. The van der Waals surface area contributed by atoms with Crippen LogP contribution in [0.4, 0.5) is 0 Å². The van der Waals surface area contributed by atoms with E-state index >= 15 is 0 Å². The molecule has 86 valence electrons. The van der Waals surface area contributed by atoms with Gasteiger partial charge in [0.1, 0.15) is 0 Å². The number of hydrazine groups is 1. The highest BCUT2D eigenvalue weighted by Crippen LogP contribution is 2.27. The standard InChI is InChI=1S/C9H18N4OS/c1-6(4-5-14-3)8(11-10)9-7(2)12-13-15-9/h6,8,11H,4-5,10H2,1-3H3. The lowest BCUT2D eigenvalue weighted by atomic mass is 9.97. The van der Waals surface area contributed by atoms with Crippen molar-refractivity contribution in [1.29, 1.82) is 0 Å². The molecule has 2 unspecified atom stereocenters. The van der Waals surface area contributed by atoms with Crippen molar-refractivity contribution >= 4 is 11.5 Å². The predicted molar refractivity (Wildman–Crippen MR) is 60.4 cm³/mol. The van der Waals surface area contributed by atoms with Gasteiger partial charge in [-0.3, -0.25) is 11.3 Å². The molecule has 15 heavy (non-hydrogen) atoms. The van der Waals surface area contributed by atoms with E-state index in [2.05, 4.69) is 21.9 Å². The van der Waals surface area contributed by atoms with E-state index in [0.717, 1.165) is 23.6 Å². The Kier molecular flexibility index (Phi) is 5.10. The van der Waals surface area contributed by atoms with E-state index in [-0.39, 0.29) is 6.04 Å². The van der Waals surface area contributed by atoms with Gasteiger partial charge in [-0.25, -0.2) is 0 Å². The molecule has 0 saturated carbocycles. The van der Waals surface area contributed by atoms with Crippen LogP contribution in [-0.4, -0.2) is 23.3 Å². The average Bonchev–Trinajstić information content (AvgIpc) is 2.63. The van der Waals surface area contributed by atoms with Gasteiger partial charge in [0.2, 0.25) is 0 Å². The summed E-state index contributed by atoms with van der Waals surface area (Å²) in [5.41, 5.74) is 3.78. The molecule has 3 N–H and O–H groups in total. The fourth-order valence-electron chi connectivity index (χ4n) is 1.49. The van der Waals surface area contributed by atoms with Crippen LogP contribution in [0, 0.1) is 12.8 Å². The van der Waals surface area contributed by atoms with E-state index in [4.69, 9.17) is 10.6 Å². The van der Waals surface area contributed by atoms with Gasteiger partial charge >= 0.3 is 0 Å². The van der Waals surface area contributed by atoms with Crippen LogP contribution in [0.5, 0.6) is 0 Å². The summed E-state index contributed by atoms with van der Waals surface area (Å²) in [6.45, 7) is 4.83. The highest BCUT2D eigenvalue weighted by Gasteiger charge is 2.22. The minimum absolute atomic E-state index is 0.111. The molecule has 0 radical (unpaired) electrons. The Morgan fingerprint density at radius 1 is 1.60 bits per heavy atom. The van der Waals surface area contributed by atoms with Crippen molar-refractivity contribution in [1.82, 2.24) is 15.0 Å². The molecule has 0 fully saturated rings. The largest absolute Gasteiger partial charge is 0.385 e. The second-order valence-electron chi connectivity index (χ2n) is 3.63. The molecule has 6 heteroatoms. The zero-order valence-corrected chi connectivity index (χ0v) is 10.2. The molecular weight excluding hydrogens is 212 g/mol. The first kappa shape index (κ1) is 12.5. The molecule has 0 aromatic carbocycles. The lowest BCUT2D eigenvalue weighted by Crippen LogP contribution is -2.32. The maximum absolute atomic E-state index is 5.57. The van der Waals surface area contributed by atoms with Crippen molar-refractivity contribution in [2.75, 3.05) is 13.7 Å². The lowest BCUT2D eigenvalue weighted by molar-refractivity contribution is 0.170. The molecular formula is C9H18N4OS. The fourth-order valence-corrected chi connectivity index (χ4v) is 2.33. The van der Waals surface area contributed by atoms with Crippen LogP contribution in [0.15, 0.2) is 0 Å². The molecule has 1 aromatic heterocycles. The molecule has 5 nitrogen and oxygen atoms in total. The highest BCUT2D eigenvalue weighted by molar-refractivity contribution is 7.05. The van der Waals surface area contributed by atoms with Crippen LogP contribution in [-0.2, 0) is 4.74 Å². The zero-order valence-electron chi connectivity index (χ0n) is 9.36. The second kappa shape index (κ2) is 6.12. The summed E-state index contributed by atoms with van der Waals surface area (Å²) in [6.07, 6.45) is 0.961. The van der Waals surface area contributed by atoms with E-state index in [9.17, 15) is 0 Å². The van der Waals surface area contributed by atoms with Gasteiger partial charge in [0.25, 0.3) is 0 Å². The first-order valence-electron chi connectivity index (χ1n) is 4.94. The number of hydrogen-bond donors (Lipinski definition) is 2. The monoisotopic (exact) mass is 230 g/mol. The topological polar surface area (TPSA) is 73.1 Å². The number of aromatic nitrogens is 2.